The molecule has 3 nitrogen and oxygen atoms in total. The van der Waals surface area contributed by atoms with Gasteiger partial charge in [-0.25, -0.2) is 0 Å². The molecule has 19 heavy (non-hydrogen) atoms. The molecule has 104 valence electrons. The van der Waals surface area contributed by atoms with Crippen molar-refractivity contribution >= 4 is 0 Å². The van der Waals surface area contributed by atoms with Gasteiger partial charge in [-0.05, 0) is 31.9 Å². The summed E-state index contributed by atoms with van der Waals surface area (Å²) in [5.41, 5.74) is 1.30. The molecule has 3 heteroatoms. The average Bonchev–Trinajstić information content (AvgIpc) is 2.98. The molecule has 3 unspecified atom stereocenters. The monoisotopic (exact) mass is 261 g/mol. The maximum absolute atomic E-state index is 6.16. The molecule has 1 aromatic carbocycles. The van der Waals surface area contributed by atoms with E-state index in [4.69, 9.17) is 9.47 Å². The Hall–Kier alpha value is -1.06. The predicted molar refractivity (Wildman–Crippen MR) is 75.5 cm³/mol. The van der Waals surface area contributed by atoms with E-state index < -0.39 is 0 Å². The zero-order chi connectivity index (χ0) is 13.1. The third-order valence-electron chi connectivity index (χ3n) is 4.06. The fraction of sp³-hybridized carbons (Fsp3) is 0.625. The van der Waals surface area contributed by atoms with Crippen molar-refractivity contribution in [1.29, 1.82) is 0 Å². The number of rotatable bonds is 4. The Morgan fingerprint density at radius 2 is 2.16 bits per heavy atom. The highest BCUT2D eigenvalue weighted by Crippen LogP contribution is 2.37. The van der Waals surface area contributed by atoms with Crippen LogP contribution >= 0.6 is 0 Å². The Kier molecular flexibility index (Phi) is 4.04. The Balaban J connectivity index is 1.78. The maximum Gasteiger partial charge on any atom is 0.127 e. The quantitative estimate of drug-likeness (QED) is 0.903. The highest BCUT2D eigenvalue weighted by Gasteiger charge is 2.35. The molecule has 2 aliphatic heterocycles. The molecule has 2 aliphatic rings. The van der Waals surface area contributed by atoms with Gasteiger partial charge in [0.15, 0.2) is 0 Å². The van der Waals surface area contributed by atoms with Crippen LogP contribution in [0.15, 0.2) is 24.3 Å². The number of para-hydroxylation sites is 1. The number of fused-ring (bicyclic) bond motifs is 1. The minimum Gasteiger partial charge on any atom is -0.487 e. The van der Waals surface area contributed by atoms with Crippen molar-refractivity contribution in [2.45, 2.75) is 50.9 Å². The molecule has 0 bridgehead atoms. The Morgan fingerprint density at radius 3 is 2.95 bits per heavy atom. The first-order valence-electron chi connectivity index (χ1n) is 7.49. The van der Waals surface area contributed by atoms with Crippen LogP contribution in [0.1, 0.15) is 44.2 Å². The zero-order valence-electron chi connectivity index (χ0n) is 11.6. The largest absolute Gasteiger partial charge is 0.487 e. The minimum absolute atomic E-state index is 0.201. The summed E-state index contributed by atoms with van der Waals surface area (Å²) in [6, 6.07) is 8.80. The fourth-order valence-electron chi connectivity index (χ4n) is 3.08. The van der Waals surface area contributed by atoms with E-state index in [0.717, 1.165) is 38.2 Å². The molecule has 3 rings (SSSR count). The van der Waals surface area contributed by atoms with Crippen LogP contribution in [0.3, 0.4) is 0 Å². The summed E-state index contributed by atoms with van der Waals surface area (Å²) >= 11 is 0. The highest BCUT2D eigenvalue weighted by atomic mass is 16.5. The van der Waals surface area contributed by atoms with E-state index in [1.807, 2.05) is 6.07 Å². The summed E-state index contributed by atoms with van der Waals surface area (Å²) in [5.74, 6) is 1.03. The lowest BCUT2D eigenvalue weighted by Crippen LogP contribution is -2.40. The second kappa shape index (κ2) is 5.93. The molecular formula is C16H23NO2. The van der Waals surface area contributed by atoms with Gasteiger partial charge in [0.2, 0.25) is 0 Å². The fourth-order valence-corrected chi connectivity index (χ4v) is 3.08. The van der Waals surface area contributed by atoms with Crippen molar-refractivity contribution in [3.63, 3.8) is 0 Å². The second-order valence-corrected chi connectivity index (χ2v) is 5.49. The minimum atomic E-state index is 0.201. The number of hydrogen-bond donors (Lipinski definition) is 1. The summed E-state index contributed by atoms with van der Waals surface area (Å²) in [5, 5.41) is 3.65. The highest BCUT2D eigenvalue weighted by molar-refractivity contribution is 5.38. The van der Waals surface area contributed by atoms with Crippen molar-refractivity contribution in [1.82, 2.24) is 5.32 Å². The van der Waals surface area contributed by atoms with Gasteiger partial charge in [0, 0.05) is 24.6 Å². The van der Waals surface area contributed by atoms with Crippen LogP contribution in [0, 0.1) is 0 Å². The molecule has 3 atom stereocenters. The van der Waals surface area contributed by atoms with Crippen LogP contribution in [0.2, 0.25) is 0 Å². The molecule has 0 radical (unpaired) electrons. The topological polar surface area (TPSA) is 30.5 Å². The lowest BCUT2D eigenvalue weighted by molar-refractivity contribution is -0.00444. The van der Waals surface area contributed by atoms with Gasteiger partial charge in [-0.2, -0.15) is 0 Å². The molecule has 0 saturated carbocycles. The number of nitrogens with one attached hydrogen (secondary N) is 1. The van der Waals surface area contributed by atoms with Crippen molar-refractivity contribution in [3.05, 3.63) is 29.8 Å². The third kappa shape index (κ3) is 2.77. The lowest BCUT2D eigenvalue weighted by Gasteiger charge is -2.35. The molecule has 1 N–H and O–H groups in total. The molecule has 2 heterocycles. The Morgan fingerprint density at radius 1 is 1.26 bits per heavy atom. The van der Waals surface area contributed by atoms with E-state index in [0.29, 0.717) is 6.04 Å². The van der Waals surface area contributed by atoms with Crippen LogP contribution in [0.5, 0.6) is 5.75 Å². The van der Waals surface area contributed by atoms with Gasteiger partial charge >= 0.3 is 0 Å². The van der Waals surface area contributed by atoms with Gasteiger partial charge in [0.25, 0.3) is 0 Å². The Labute approximate surface area is 115 Å². The summed E-state index contributed by atoms with van der Waals surface area (Å²) in [4.78, 5) is 0. The van der Waals surface area contributed by atoms with E-state index in [1.165, 1.54) is 12.0 Å². The number of benzene rings is 1. The van der Waals surface area contributed by atoms with Gasteiger partial charge < -0.3 is 14.8 Å². The van der Waals surface area contributed by atoms with Crippen LogP contribution < -0.4 is 10.1 Å². The number of ether oxygens (including phenoxy) is 2. The standard InChI is InChI=1S/C16H23NO2/c1-2-9-17-13-11-16(15-8-5-10-18-15)19-14-7-4-3-6-12(13)14/h3-4,6-7,13,15-17H,2,5,8-11H2,1H3. The summed E-state index contributed by atoms with van der Waals surface area (Å²) in [7, 11) is 0. The van der Waals surface area contributed by atoms with E-state index >= 15 is 0 Å². The van der Waals surface area contributed by atoms with Gasteiger partial charge in [-0.15, -0.1) is 0 Å². The first-order chi connectivity index (χ1) is 9.38. The van der Waals surface area contributed by atoms with Gasteiger partial charge in [-0.3, -0.25) is 0 Å². The smallest absolute Gasteiger partial charge is 0.127 e. The van der Waals surface area contributed by atoms with Gasteiger partial charge in [0.05, 0.1) is 6.10 Å². The maximum atomic E-state index is 6.16. The summed E-state index contributed by atoms with van der Waals surface area (Å²) in [6.45, 7) is 4.15. The second-order valence-electron chi connectivity index (χ2n) is 5.49. The van der Waals surface area contributed by atoms with Crippen LogP contribution in [0.4, 0.5) is 0 Å². The molecule has 1 fully saturated rings. The van der Waals surface area contributed by atoms with Gasteiger partial charge in [0.1, 0.15) is 11.9 Å². The van der Waals surface area contributed by atoms with E-state index in [9.17, 15) is 0 Å². The first kappa shape index (κ1) is 12.9. The average molecular weight is 261 g/mol. The van der Waals surface area contributed by atoms with E-state index in [2.05, 4.69) is 30.4 Å². The zero-order valence-corrected chi connectivity index (χ0v) is 11.6. The van der Waals surface area contributed by atoms with Crippen LogP contribution in [0.25, 0.3) is 0 Å². The molecule has 0 spiro atoms. The summed E-state index contributed by atoms with van der Waals surface area (Å²) in [6.07, 6.45) is 4.95. The first-order valence-corrected chi connectivity index (χ1v) is 7.49. The molecule has 1 saturated heterocycles. The lowest BCUT2D eigenvalue weighted by atomic mass is 9.93. The van der Waals surface area contributed by atoms with E-state index in [-0.39, 0.29) is 12.2 Å². The normalized spacial score (nSPS) is 29.8. The third-order valence-corrected chi connectivity index (χ3v) is 4.06. The van der Waals surface area contributed by atoms with Crippen molar-refractivity contribution in [3.8, 4) is 5.75 Å². The predicted octanol–water partition coefficient (Wildman–Crippen LogP) is 3.06. The SMILES string of the molecule is CCCNC1CC(C2CCCO2)Oc2ccccc21. The van der Waals surface area contributed by atoms with Gasteiger partial charge in [-0.1, -0.05) is 25.1 Å². The van der Waals surface area contributed by atoms with Crippen LogP contribution in [-0.2, 0) is 4.74 Å². The van der Waals surface area contributed by atoms with Crippen molar-refractivity contribution in [2.24, 2.45) is 0 Å². The Bertz CT molecular complexity index is 415. The van der Waals surface area contributed by atoms with Crippen molar-refractivity contribution < 1.29 is 9.47 Å². The van der Waals surface area contributed by atoms with E-state index in [1.54, 1.807) is 0 Å². The molecule has 0 amide bonds. The summed E-state index contributed by atoms with van der Waals surface area (Å²) < 4.78 is 12.0. The molecule has 0 aromatic heterocycles. The molecule has 1 aromatic rings. The van der Waals surface area contributed by atoms with Crippen molar-refractivity contribution in [2.75, 3.05) is 13.2 Å². The molecule has 0 aliphatic carbocycles. The molecular weight excluding hydrogens is 238 g/mol. The number of hydrogen-bond acceptors (Lipinski definition) is 3. The van der Waals surface area contributed by atoms with Crippen LogP contribution in [-0.4, -0.2) is 25.4 Å².